The third-order valence-corrected chi connectivity index (χ3v) is 15.7. The summed E-state index contributed by atoms with van der Waals surface area (Å²) in [5.74, 6) is 0. The highest BCUT2D eigenvalue weighted by Gasteiger charge is 2.30. The normalized spacial score (nSPS) is 16.5. The minimum absolute atomic E-state index is 0.243. The van der Waals surface area contributed by atoms with Crippen molar-refractivity contribution >= 4 is 15.6 Å². The van der Waals surface area contributed by atoms with E-state index in [1.165, 1.54) is 141 Å². The van der Waals surface area contributed by atoms with Crippen LogP contribution >= 0.6 is 15.6 Å². The molecule has 464 valence electrons. The van der Waals surface area contributed by atoms with Crippen molar-refractivity contribution in [2.75, 3.05) is 39.6 Å². The SMILES string of the molecule is CCCCCCCCCCCCCCC(O)OC(COC(O)CCCCC)COP(=O)(O)OCC(O)COP(=O)(O)OCC(COC(O)CCCCCCCCCCCC)OC(O)CCCCCCCCCCCCCC. The quantitative estimate of drug-likeness (QED) is 0.0170. The second kappa shape index (κ2) is 55.1. The molecule has 7 N–H and O–H groups in total. The molecule has 0 aliphatic heterocycles. The van der Waals surface area contributed by atoms with E-state index < -0.39 is 85.5 Å². The molecular formula is C58H120O17P2. The van der Waals surface area contributed by atoms with Crippen molar-refractivity contribution in [2.24, 2.45) is 0 Å². The summed E-state index contributed by atoms with van der Waals surface area (Å²) in [6.07, 6.45) is 35.1. The lowest BCUT2D eigenvalue weighted by molar-refractivity contribution is -0.191. The van der Waals surface area contributed by atoms with E-state index in [1.54, 1.807) is 0 Å². The number of aliphatic hydroxyl groups is 5. The molecule has 77 heavy (non-hydrogen) atoms. The summed E-state index contributed by atoms with van der Waals surface area (Å²) in [6.45, 7) is 5.42. The highest BCUT2D eigenvalue weighted by Crippen LogP contribution is 2.45. The Bertz CT molecular complexity index is 1320. The van der Waals surface area contributed by atoms with Gasteiger partial charge in [0.2, 0.25) is 0 Å². The Balaban J connectivity index is 5.10. The van der Waals surface area contributed by atoms with E-state index in [2.05, 4.69) is 20.8 Å². The topological polar surface area (TPSA) is 250 Å². The number of hydrogen-bond donors (Lipinski definition) is 7. The van der Waals surface area contributed by atoms with Crippen LogP contribution in [0.3, 0.4) is 0 Å². The monoisotopic (exact) mass is 1150 g/mol. The lowest BCUT2D eigenvalue weighted by Gasteiger charge is -2.24. The molecule has 0 fully saturated rings. The van der Waals surface area contributed by atoms with Crippen LogP contribution in [0.1, 0.15) is 291 Å². The molecule has 0 aliphatic rings. The van der Waals surface area contributed by atoms with E-state index in [0.717, 1.165) is 89.9 Å². The van der Waals surface area contributed by atoms with Gasteiger partial charge < -0.3 is 54.3 Å². The molecule has 19 heteroatoms. The van der Waals surface area contributed by atoms with Gasteiger partial charge >= 0.3 is 15.6 Å². The van der Waals surface area contributed by atoms with Crippen molar-refractivity contribution in [3.05, 3.63) is 0 Å². The Labute approximate surface area is 469 Å². The van der Waals surface area contributed by atoms with Gasteiger partial charge in [0.1, 0.15) is 18.3 Å². The first kappa shape index (κ1) is 76.9. The molecule has 0 aromatic rings. The van der Waals surface area contributed by atoms with E-state index >= 15 is 0 Å². The minimum Gasteiger partial charge on any atom is -0.388 e. The largest absolute Gasteiger partial charge is 0.472 e. The molecule has 0 saturated heterocycles. The Morgan fingerprint density at radius 1 is 0.286 bits per heavy atom. The molecule has 0 radical (unpaired) electrons. The van der Waals surface area contributed by atoms with E-state index in [1.807, 2.05) is 6.92 Å². The molecule has 0 heterocycles. The van der Waals surface area contributed by atoms with Crippen LogP contribution in [-0.2, 0) is 46.2 Å². The standard InChI is InChI=1S/C58H120O17P2/c1-5-9-13-16-19-22-25-27-30-33-36-40-44-57(62)74-53(48-68-55(60)42-38-12-8-4)50-72-76(64,65)70-46-52(59)47-71-77(66,67)73-51-54(49-69-56(61)43-39-35-32-29-24-21-18-15-11-7-3)75-58(63)45-41-37-34-31-28-26-23-20-17-14-10-6-2/h52-63H,5-51H2,1-4H3,(H,64,65)(H,66,67). The van der Waals surface area contributed by atoms with E-state index in [0.29, 0.717) is 32.1 Å². The van der Waals surface area contributed by atoms with Gasteiger partial charge in [0.05, 0.1) is 39.6 Å². The van der Waals surface area contributed by atoms with Crippen molar-refractivity contribution in [3.63, 3.8) is 0 Å². The summed E-state index contributed by atoms with van der Waals surface area (Å²) >= 11 is 0. The summed E-state index contributed by atoms with van der Waals surface area (Å²) in [4.78, 5) is 21.0. The summed E-state index contributed by atoms with van der Waals surface area (Å²) in [7, 11) is -9.72. The zero-order valence-corrected chi connectivity index (χ0v) is 51.2. The molecule has 0 bridgehead atoms. The molecule has 9 atom stereocenters. The molecule has 0 aliphatic carbocycles. The second-order valence-electron chi connectivity index (χ2n) is 21.6. The van der Waals surface area contributed by atoms with Gasteiger partial charge in [0.25, 0.3) is 0 Å². The third kappa shape index (κ3) is 54.9. The third-order valence-electron chi connectivity index (χ3n) is 13.8. The van der Waals surface area contributed by atoms with Crippen molar-refractivity contribution in [1.29, 1.82) is 0 Å². The second-order valence-corrected chi connectivity index (χ2v) is 24.5. The summed E-state index contributed by atoms with van der Waals surface area (Å²) in [5.41, 5.74) is 0. The van der Waals surface area contributed by atoms with Gasteiger partial charge in [-0.05, 0) is 51.4 Å². The van der Waals surface area contributed by atoms with Gasteiger partial charge in [-0.1, -0.05) is 240 Å². The Kier molecular flexibility index (Phi) is 55.0. The first-order valence-corrected chi connectivity index (χ1v) is 34.3. The fraction of sp³-hybridized carbons (Fsp3) is 1.00. The number of phosphoric acid groups is 2. The van der Waals surface area contributed by atoms with Crippen LogP contribution in [-0.4, -0.2) is 118 Å². The predicted molar refractivity (Wildman–Crippen MR) is 307 cm³/mol. The highest BCUT2D eigenvalue weighted by molar-refractivity contribution is 7.47. The van der Waals surface area contributed by atoms with Crippen molar-refractivity contribution in [1.82, 2.24) is 0 Å². The molecule has 0 rings (SSSR count). The lowest BCUT2D eigenvalue weighted by Crippen LogP contribution is -2.32. The van der Waals surface area contributed by atoms with Crippen LogP contribution in [0.4, 0.5) is 0 Å². The molecule has 0 spiro atoms. The van der Waals surface area contributed by atoms with Crippen molar-refractivity contribution in [3.8, 4) is 0 Å². The fourth-order valence-corrected chi connectivity index (χ4v) is 10.5. The van der Waals surface area contributed by atoms with Crippen molar-refractivity contribution in [2.45, 2.75) is 334 Å². The molecular weight excluding hydrogens is 1030 g/mol. The van der Waals surface area contributed by atoms with E-state index in [-0.39, 0.29) is 13.2 Å². The average Bonchev–Trinajstić information content (AvgIpc) is 3.40. The maximum atomic E-state index is 12.9. The van der Waals surface area contributed by atoms with Crippen molar-refractivity contribution < 1.29 is 81.5 Å². The number of aliphatic hydroxyl groups excluding tert-OH is 5. The van der Waals surface area contributed by atoms with E-state index in [4.69, 9.17) is 37.0 Å². The summed E-state index contributed by atoms with van der Waals surface area (Å²) in [6, 6.07) is 0. The highest BCUT2D eigenvalue weighted by atomic mass is 31.2. The van der Waals surface area contributed by atoms with Crippen LogP contribution in [0.2, 0.25) is 0 Å². The Morgan fingerprint density at radius 3 is 0.766 bits per heavy atom. The van der Waals surface area contributed by atoms with Crippen LogP contribution in [0.25, 0.3) is 0 Å². The van der Waals surface area contributed by atoms with Crippen LogP contribution in [0.15, 0.2) is 0 Å². The maximum Gasteiger partial charge on any atom is 0.472 e. The Hall–Kier alpha value is -0.140. The number of hydrogen-bond acceptors (Lipinski definition) is 15. The zero-order valence-electron chi connectivity index (χ0n) is 49.4. The molecule has 17 nitrogen and oxygen atoms in total. The molecule has 9 unspecified atom stereocenters. The average molecular weight is 1150 g/mol. The number of ether oxygens (including phenoxy) is 4. The summed E-state index contributed by atoms with van der Waals surface area (Å²) < 4.78 is 68.7. The first-order chi connectivity index (χ1) is 37.2. The number of phosphoric ester groups is 2. The predicted octanol–water partition coefficient (Wildman–Crippen LogP) is 14.8. The van der Waals surface area contributed by atoms with Crippen LogP contribution in [0, 0.1) is 0 Å². The van der Waals surface area contributed by atoms with Gasteiger partial charge in [0, 0.05) is 0 Å². The van der Waals surface area contributed by atoms with Gasteiger partial charge in [-0.2, -0.15) is 0 Å². The minimum atomic E-state index is -4.86. The molecule has 0 saturated carbocycles. The first-order valence-electron chi connectivity index (χ1n) is 31.3. The van der Waals surface area contributed by atoms with E-state index in [9.17, 15) is 44.4 Å². The Morgan fingerprint density at radius 2 is 0.494 bits per heavy atom. The maximum absolute atomic E-state index is 12.9. The fourth-order valence-electron chi connectivity index (χ4n) is 8.97. The van der Waals surface area contributed by atoms with Gasteiger partial charge in [0.15, 0.2) is 25.2 Å². The lowest BCUT2D eigenvalue weighted by atomic mass is 10.0. The number of unbranched alkanes of at least 4 members (excludes halogenated alkanes) is 33. The van der Waals surface area contributed by atoms with Crippen LogP contribution < -0.4 is 0 Å². The number of rotatable bonds is 63. The molecule has 0 aromatic carbocycles. The molecule has 0 amide bonds. The van der Waals surface area contributed by atoms with Gasteiger partial charge in [-0.15, -0.1) is 0 Å². The van der Waals surface area contributed by atoms with Crippen LogP contribution in [0.5, 0.6) is 0 Å². The summed E-state index contributed by atoms with van der Waals surface area (Å²) in [5, 5.41) is 52.9. The zero-order chi connectivity index (χ0) is 56.9. The molecule has 0 aromatic heterocycles. The van der Waals surface area contributed by atoms with Gasteiger partial charge in [-0.25, -0.2) is 9.13 Å². The smallest absolute Gasteiger partial charge is 0.388 e. The van der Waals surface area contributed by atoms with Gasteiger partial charge in [-0.3, -0.25) is 18.1 Å².